The first-order valence-electron chi connectivity index (χ1n) is 14.3. The number of anilines is 1. The van der Waals surface area contributed by atoms with Crippen LogP contribution in [0.25, 0.3) is 0 Å². The van der Waals surface area contributed by atoms with Crippen LogP contribution in [0.4, 0.5) is 5.69 Å². The molecule has 0 spiro atoms. The predicted octanol–water partition coefficient (Wildman–Crippen LogP) is 5.98. The lowest BCUT2D eigenvalue weighted by Gasteiger charge is -2.42. The van der Waals surface area contributed by atoms with E-state index in [1.165, 1.54) is 11.3 Å². The minimum Gasteiger partial charge on any atom is -0.369 e. The van der Waals surface area contributed by atoms with Crippen LogP contribution >= 0.6 is 22.9 Å². The number of halogens is 1. The molecule has 1 saturated heterocycles. The van der Waals surface area contributed by atoms with Crippen molar-refractivity contribution in [3.05, 3.63) is 86.6 Å². The van der Waals surface area contributed by atoms with Crippen LogP contribution in [0.1, 0.15) is 58.6 Å². The summed E-state index contributed by atoms with van der Waals surface area (Å²) >= 11 is 7.86. The van der Waals surface area contributed by atoms with Gasteiger partial charge in [0.25, 0.3) is 5.91 Å². The van der Waals surface area contributed by atoms with Gasteiger partial charge in [-0.3, -0.25) is 14.5 Å². The quantitative estimate of drug-likeness (QED) is 0.318. The lowest BCUT2D eigenvalue weighted by atomic mass is 9.81. The molecule has 6 nitrogen and oxygen atoms in total. The van der Waals surface area contributed by atoms with E-state index in [1.54, 1.807) is 11.3 Å². The molecule has 1 fully saturated rings. The molecule has 2 aliphatic rings. The van der Waals surface area contributed by atoms with Crippen LogP contribution in [0, 0.1) is 12.8 Å². The third-order valence-corrected chi connectivity index (χ3v) is 9.13. The number of hydrogen-bond acceptors (Lipinski definition) is 5. The number of carbonyl (C=O) groups excluding carboxylic acids is 2. The number of nitrogens with one attached hydrogen (secondary N) is 1. The molecule has 0 aliphatic carbocycles. The third kappa shape index (κ3) is 6.22. The highest BCUT2D eigenvalue weighted by atomic mass is 35.5. The highest BCUT2D eigenvalue weighted by Gasteiger charge is 2.44. The van der Waals surface area contributed by atoms with Crippen LogP contribution < -0.4 is 10.2 Å². The summed E-state index contributed by atoms with van der Waals surface area (Å²) in [5.74, 6) is -0.133. The van der Waals surface area contributed by atoms with Crippen LogP contribution in [-0.2, 0) is 4.79 Å². The van der Waals surface area contributed by atoms with Crippen LogP contribution in [0.2, 0.25) is 5.02 Å². The Labute approximate surface area is 246 Å². The fourth-order valence-corrected chi connectivity index (χ4v) is 7.05. The standard InChI is InChI=1S/C32H39ClN4O2S/c1-22(2)21-37-30(28-10-6-19-40-28)29(25-8-4-5-9-26(25)32(37)39)31(38)34-13-7-14-35-15-17-36(18-16-35)27-20-24(33)12-11-23(27)3/h4-6,8-12,19-20,22,29-30H,7,13-18,21H2,1-3H3,(H,34,38)/t29-,30-/m1/s1. The molecule has 0 bridgehead atoms. The molecule has 1 aromatic heterocycles. The number of rotatable bonds is 9. The van der Waals surface area contributed by atoms with Gasteiger partial charge in [-0.05, 0) is 66.6 Å². The maximum Gasteiger partial charge on any atom is 0.254 e. The SMILES string of the molecule is Cc1ccc(Cl)cc1N1CCN(CCCNC(=O)[C@@H]2c3ccccc3C(=O)N(CC(C)C)[C@@H]2c2cccs2)CC1. The Balaban J connectivity index is 1.22. The molecule has 5 rings (SSSR count). The number of amides is 2. The molecule has 2 aromatic carbocycles. The van der Waals surface area contributed by atoms with E-state index < -0.39 is 5.92 Å². The van der Waals surface area contributed by atoms with Crippen molar-refractivity contribution in [2.24, 2.45) is 5.92 Å². The van der Waals surface area contributed by atoms with E-state index in [0.29, 0.717) is 24.6 Å². The van der Waals surface area contributed by atoms with E-state index in [9.17, 15) is 9.59 Å². The van der Waals surface area contributed by atoms with Gasteiger partial charge in [0, 0.05) is 60.4 Å². The second kappa shape index (κ2) is 12.8. The van der Waals surface area contributed by atoms with Crippen molar-refractivity contribution in [3.63, 3.8) is 0 Å². The molecule has 0 radical (unpaired) electrons. The van der Waals surface area contributed by atoms with Crippen LogP contribution in [-0.4, -0.2) is 67.4 Å². The van der Waals surface area contributed by atoms with Gasteiger partial charge in [-0.25, -0.2) is 0 Å². The van der Waals surface area contributed by atoms with Gasteiger partial charge in [0.15, 0.2) is 0 Å². The first kappa shape index (κ1) is 28.7. The van der Waals surface area contributed by atoms with E-state index in [0.717, 1.165) is 54.6 Å². The van der Waals surface area contributed by atoms with Crippen LogP contribution in [0.15, 0.2) is 60.0 Å². The van der Waals surface area contributed by atoms with Crippen molar-refractivity contribution in [2.75, 3.05) is 50.7 Å². The van der Waals surface area contributed by atoms with Gasteiger partial charge in [-0.15, -0.1) is 11.3 Å². The van der Waals surface area contributed by atoms with E-state index in [4.69, 9.17) is 11.6 Å². The Morgan fingerprint density at radius 3 is 2.58 bits per heavy atom. The maximum absolute atomic E-state index is 13.8. The summed E-state index contributed by atoms with van der Waals surface area (Å²) in [4.78, 5) is 35.3. The van der Waals surface area contributed by atoms with Crippen molar-refractivity contribution >= 4 is 40.4 Å². The molecule has 2 amide bonds. The highest BCUT2D eigenvalue weighted by Crippen LogP contribution is 2.44. The maximum atomic E-state index is 13.8. The van der Waals surface area contributed by atoms with E-state index in [1.807, 2.05) is 46.7 Å². The summed E-state index contributed by atoms with van der Waals surface area (Å²) in [6, 6.07) is 17.5. The fraction of sp³-hybridized carbons (Fsp3) is 0.438. The van der Waals surface area contributed by atoms with Crippen LogP contribution in [0.3, 0.4) is 0 Å². The lowest BCUT2D eigenvalue weighted by Crippen LogP contribution is -2.49. The highest BCUT2D eigenvalue weighted by molar-refractivity contribution is 7.10. The molecule has 0 unspecified atom stereocenters. The number of thiophene rings is 1. The van der Waals surface area contributed by atoms with Gasteiger partial charge in [0.1, 0.15) is 0 Å². The smallest absolute Gasteiger partial charge is 0.254 e. The summed E-state index contributed by atoms with van der Waals surface area (Å²) < 4.78 is 0. The summed E-state index contributed by atoms with van der Waals surface area (Å²) in [5, 5.41) is 6.04. The van der Waals surface area contributed by atoms with Crippen molar-refractivity contribution in [1.82, 2.24) is 15.1 Å². The molecule has 1 N–H and O–H groups in total. The second-order valence-corrected chi connectivity index (χ2v) is 12.7. The number of hydrogen-bond donors (Lipinski definition) is 1. The van der Waals surface area contributed by atoms with Gasteiger partial charge < -0.3 is 15.1 Å². The fourth-order valence-electron chi connectivity index (χ4n) is 6.01. The third-order valence-electron chi connectivity index (χ3n) is 7.95. The Morgan fingerprint density at radius 2 is 1.85 bits per heavy atom. The molecule has 0 saturated carbocycles. The molecule has 2 atom stereocenters. The van der Waals surface area contributed by atoms with Crippen molar-refractivity contribution in [1.29, 1.82) is 0 Å². The van der Waals surface area contributed by atoms with Crippen molar-refractivity contribution < 1.29 is 9.59 Å². The zero-order valence-corrected chi connectivity index (χ0v) is 25.2. The molecule has 8 heteroatoms. The van der Waals surface area contributed by atoms with Gasteiger partial charge in [0.2, 0.25) is 5.91 Å². The topological polar surface area (TPSA) is 55.9 Å². The first-order valence-corrected chi connectivity index (χ1v) is 15.5. The molecule has 212 valence electrons. The lowest BCUT2D eigenvalue weighted by molar-refractivity contribution is -0.124. The van der Waals surface area contributed by atoms with E-state index >= 15 is 0 Å². The minimum absolute atomic E-state index is 0.00615. The van der Waals surface area contributed by atoms with Crippen molar-refractivity contribution in [2.45, 2.75) is 39.2 Å². The normalized spacial score (nSPS) is 19.7. The Morgan fingerprint density at radius 1 is 1.07 bits per heavy atom. The zero-order valence-electron chi connectivity index (χ0n) is 23.6. The molecular formula is C32H39ClN4O2S. The summed E-state index contributed by atoms with van der Waals surface area (Å²) in [6.45, 7) is 12.4. The largest absolute Gasteiger partial charge is 0.369 e. The minimum atomic E-state index is -0.434. The summed E-state index contributed by atoms with van der Waals surface area (Å²) in [7, 11) is 0. The number of nitrogens with zero attached hydrogens (tertiary/aromatic N) is 3. The van der Waals surface area contributed by atoms with Gasteiger partial charge in [0.05, 0.1) is 12.0 Å². The second-order valence-electron chi connectivity index (χ2n) is 11.3. The van der Waals surface area contributed by atoms with E-state index in [-0.39, 0.29) is 17.9 Å². The Bertz CT molecular complexity index is 1320. The molecule has 40 heavy (non-hydrogen) atoms. The van der Waals surface area contributed by atoms with Crippen molar-refractivity contribution in [3.8, 4) is 0 Å². The number of carbonyl (C=O) groups is 2. The molecule has 3 aromatic rings. The average molecular weight is 579 g/mol. The number of fused-ring (bicyclic) bond motifs is 1. The Hall–Kier alpha value is -2.87. The van der Waals surface area contributed by atoms with Crippen LogP contribution in [0.5, 0.6) is 0 Å². The summed E-state index contributed by atoms with van der Waals surface area (Å²) in [5.41, 5.74) is 3.94. The first-order chi connectivity index (χ1) is 19.3. The van der Waals surface area contributed by atoms with Gasteiger partial charge in [-0.2, -0.15) is 0 Å². The number of aryl methyl sites for hydroxylation is 1. The monoisotopic (exact) mass is 578 g/mol. The molecule has 2 aliphatic heterocycles. The zero-order chi connectivity index (χ0) is 28.2. The predicted molar refractivity (Wildman–Crippen MR) is 165 cm³/mol. The Kier molecular flexibility index (Phi) is 9.13. The van der Waals surface area contributed by atoms with Gasteiger partial charge >= 0.3 is 0 Å². The van der Waals surface area contributed by atoms with Gasteiger partial charge in [-0.1, -0.05) is 55.8 Å². The van der Waals surface area contributed by atoms with E-state index in [2.05, 4.69) is 54.1 Å². The summed E-state index contributed by atoms with van der Waals surface area (Å²) in [6.07, 6.45) is 0.884. The molecular weight excluding hydrogens is 540 g/mol. The molecule has 3 heterocycles. The average Bonchev–Trinajstić information content (AvgIpc) is 3.48. The number of benzene rings is 2. The number of piperazine rings is 1.